The number of amides is 1. The van der Waals surface area contributed by atoms with E-state index >= 15 is 0 Å². The fraction of sp³-hybridized carbons (Fsp3) is 0.435. The van der Waals surface area contributed by atoms with Crippen molar-refractivity contribution >= 4 is 17.5 Å². The lowest BCUT2D eigenvalue weighted by Gasteiger charge is -2.23. The van der Waals surface area contributed by atoms with Gasteiger partial charge in [-0.3, -0.25) is 4.79 Å². The first kappa shape index (κ1) is 22.1. The highest BCUT2D eigenvalue weighted by atomic mass is 35.5. The Morgan fingerprint density at radius 1 is 1.18 bits per heavy atom. The summed E-state index contributed by atoms with van der Waals surface area (Å²) in [6.45, 7) is 11.1. The van der Waals surface area contributed by atoms with Crippen molar-refractivity contribution in [3.05, 3.63) is 58.6 Å². The molecule has 0 radical (unpaired) electrons. The highest BCUT2D eigenvalue weighted by molar-refractivity contribution is 6.31. The smallest absolute Gasteiger partial charge is 0.261 e. The van der Waals surface area contributed by atoms with Gasteiger partial charge in [-0.25, -0.2) is 0 Å². The molecule has 1 atom stereocenters. The number of rotatable bonds is 8. The molecule has 1 amide bonds. The summed E-state index contributed by atoms with van der Waals surface area (Å²) < 4.78 is 11.7. The van der Waals surface area contributed by atoms with Gasteiger partial charge in [-0.15, -0.1) is 0 Å². The molecule has 2 rings (SSSR count). The minimum absolute atomic E-state index is 0.00228. The molecule has 0 aromatic heterocycles. The van der Waals surface area contributed by atoms with Crippen molar-refractivity contribution in [1.29, 1.82) is 0 Å². The molecular weight excluding hydrogens is 374 g/mol. The normalized spacial score (nSPS) is 12.4. The third-order valence-corrected chi connectivity index (χ3v) is 4.85. The Kier molecular flexibility index (Phi) is 7.76. The van der Waals surface area contributed by atoms with Crippen LogP contribution in [0.4, 0.5) is 0 Å². The molecule has 0 bridgehead atoms. The summed E-state index contributed by atoms with van der Waals surface area (Å²) >= 11 is 6.04. The maximum atomic E-state index is 12.5. The van der Waals surface area contributed by atoms with Gasteiger partial charge in [0.05, 0.1) is 6.54 Å². The van der Waals surface area contributed by atoms with E-state index in [0.717, 1.165) is 16.9 Å². The van der Waals surface area contributed by atoms with Gasteiger partial charge in [0.2, 0.25) is 0 Å². The van der Waals surface area contributed by atoms with Crippen LogP contribution >= 0.6 is 11.6 Å². The molecule has 152 valence electrons. The van der Waals surface area contributed by atoms with Crippen LogP contribution in [0.25, 0.3) is 0 Å². The summed E-state index contributed by atoms with van der Waals surface area (Å²) in [5.74, 6) is 1.34. The largest absolute Gasteiger partial charge is 0.491 e. The maximum absolute atomic E-state index is 12.5. The standard InChI is InChI=1S/C23H30ClNO3/c1-6-20(28-17-11-12-19(24)16(2)15-17)22(26)25-13-14-27-21-10-8-7-9-18(21)23(3,4)5/h7-12,15,20H,6,13-14H2,1-5H3,(H,25,26)/t20-/m1/s1. The van der Waals surface area contributed by atoms with Gasteiger partial charge >= 0.3 is 0 Å². The molecule has 0 heterocycles. The van der Waals surface area contributed by atoms with Crippen LogP contribution in [0.2, 0.25) is 5.02 Å². The zero-order valence-electron chi connectivity index (χ0n) is 17.3. The lowest BCUT2D eigenvalue weighted by atomic mass is 9.86. The zero-order chi connectivity index (χ0) is 20.7. The van der Waals surface area contributed by atoms with Gasteiger partial charge in [-0.2, -0.15) is 0 Å². The number of hydrogen-bond donors (Lipinski definition) is 1. The Morgan fingerprint density at radius 3 is 2.54 bits per heavy atom. The van der Waals surface area contributed by atoms with Crippen molar-refractivity contribution in [3.8, 4) is 11.5 Å². The number of carbonyl (C=O) groups excluding carboxylic acids is 1. The van der Waals surface area contributed by atoms with Gasteiger partial charge in [0, 0.05) is 5.02 Å². The average molecular weight is 404 g/mol. The monoisotopic (exact) mass is 403 g/mol. The molecule has 28 heavy (non-hydrogen) atoms. The summed E-state index contributed by atoms with van der Waals surface area (Å²) in [5.41, 5.74) is 2.06. The number of benzene rings is 2. The quantitative estimate of drug-likeness (QED) is 0.608. The fourth-order valence-corrected chi connectivity index (χ4v) is 2.96. The van der Waals surface area contributed by atoms with Gasteiger partial charge < -0.3 is 14.8 Å². The molecule has 5 heteroatoms. The molecule has 0 saturated carbocycles. The summed E-state index contributed by atoms with van der Waals surface area (Å²) in [5, 5.41) is 3.57. The lowest BCUT2D eigenvalue weighted by Crippen LogP contribution is -2.39. The average Bonchev–Trinajstić information content (AvgIpc) is 2.65. The molecule has 0 fully saturated rings. The van der Waals surface area contributed by atoms with E-state index < -0.39 is 6.10 Å². The zero-order valence-corrected chi connectivity index (χ0v) is 18.1. The van der Waals surface area contributed by atoms with Crippen LogP contribution in [0.15, 0.2) is 42.5 Å². The van der Waals surface area contributed by atoms with E-state index in [1.54, 1.807) is 12.1 Å². The van der Waals surface area contributed by atoms with Crippen molar-refractivity contribution in [2.45, 2.75) is 52.6 Å². The molecule has 0 aliphatic carbocycles. The van der Waals surface area contributed by atoms with Crippen molar-refractivity contribution < 1.29 is 14.3 Å². The number of hydrogen-bond acceptors (Lipinski definition) is 3. The van der Waals surface area contributed by atoms with Crippen molar-refractivity contribution in [2.24, 2.45) is 0 Å². The Hall–Kier alpha value is -2.20. The molecule has 4 nitrogen and oxygen atoms in total. The predicted molar refractivity (Wildman–Crippen MR) is 115 cm³/mol. The molecule has 2 aromatic rings. The Labute approximate surface area is 173 Å². The predicted octanol–water partition coefficient (Wildman–Crippen LogP) is 5.30. The van der Waals surface area contributed by atoms with E-state index in [1.807, 2.05) is 38.1 Å². The number of carbonyl (C=O) groups is 1. The summed E-state index contributed by atoms with van der Waals surface area (Å²) in [4.78, 5) is 12.5. The third-order valence-electron chi connectivity index (χ3n) is 4.42. The molecular formula is C23H30ClNO3. The van der Waals surface area contributed by atoms with E-state index in [2.05, 4.69) is 32.2 Å². The second-order valence-electron chi connectivity index (χ2n) is 7.81. The number of para-hydroxylation sites is 1. The Bertz CT molecular complexity index is 799. The minimum atomic E-state index is -0.553. The van der Waals surface area contributed by atoms with E-state index in [0.29, 0.717) is 30.3 Å². The first-order valence-electron chi connectivity index (χ1n) is 9.65. The molecule has 0 spiro atoms. The van der Waals surface area contributed by atoms with Gasteiger partial charge in [0.15, 0.2) is 6.10 Å². The second-order valence-corrected chi connectivity index (χ2v) is 8.22. The Morgan fingerprint density at radius 2 is 1.89 bits per heavy atom. The van der Waals surface area contributed by atoms with E-state index in [4.69, 9.17) is 21.1 Å². The van der Waals surface area contributed by atoms with Crippen LogP contribution in [0.1, 0.15) is 45.2 Å². The third kappa shape index (κ3) is 6.16. The molecule has 0 unspecified atom stereocenters. The van der Waals surface area contributed by atoms with Crippen LogP contribution in [0.3, 0.4) is 0 Å². The van der Waals surface area contributed by atoms with Gasteiger partial charge in [0.25, 0.3) is 5.91 Å². The van der Waals surface area contributed by atoms with Gasteiger partial charge in [-0.05, 0) is 54.2 Å². The van der Waals surface area contributed by atoms with E-state index in [1.165, 1.54) is 0 Å². The number of nitrogens with one attached hydrogen (secondary N) is 1. The summed E-state index contributed by atoms with van der Waals surface area (Å²) in [7, 11) is 0. The number of ether oxygens (including phenoxy) is 2. The molecule has 0 saturated heterocycles. The highest BCUT2D eigenvalue weighted by Crippen LogP contribution is 2.30. The van der Waals surface area contributed by atoms with Gasteiger partial charge in [-0.1, -0.05) is 57.5 Å². The van der Waals surface area contributed by atoms with Crippen LogP contribution in [-0.2, 0) is 10.2 Å². The fourth-order valence-electron chi connectivity index (χ4n) is 2.84. The maximum Gasteiger partial charge on any atom is 0.261 e. The van der Waals surface area contributed by atoms with Gasteiger partial charge in [0.1, 0.15) is 18.1 Å². The molecule has 0 aliphatic heterocycles. The molecule has 2 aromatic carbocycles. The van der Waals surface area contributed by atoms with E-state index in [-0.39, 0.29) is 11.3 Å². The Balaban J connectivity index is 1.86. The first-order chi connectivity index (χ1) is 13.2. The van der Waals surface area contributed by atoms with E-state index in [9.17, 15) is 4.79 Å². The van der Waals surface area contributed by atoms with Crippen LogP contribution in [0, 0.1) is 6.92 Å². The first-order valence-corrected chi connectivity index (χ1v) is 10.0. The van der Waals surface area contributed by atoms with Crippen LogP contribution in [0.5, 0.6) is 11.5 Å². The second kappa shape index (κ2) is 9.83. The van der Waals surface area contributed by atoms with Crippen molar-refractivity contribution in [1.82, 2.24) is 5.32 Å². The topological polar surface area (TPSA) is 47.6 Å². The molecule has 0 aliphatic rings. The number of aryl methyl sites for hydroxylation is 1. The minimum Gasteiger partial charge on any atom is -0.491 e. The summed E-state index contributed by atoms with van der Waals surface area (Å²) in [6, 6.07) is 13.4. The summed E-state index contributed by atoms with van der Waals surface area (Å²) in [6.07, 6.45) is 0.0174. The highest BCUT2D eigenvalue weighted by Gasteiger charge is 2.20. The SMILES string of the molecule is CC[C@@H](Oc1ccc(Cl)c(C)c1)C(=O)NCCOc1ccccc1C(C)(C)C. The lowest BCUT2D eigenvalue weighted by molar-refractivity contribution is -0.128. The molecule has 1 N–H and O–H groups in total. The van der Waals surface area contributed by atoms with Crippen LogP contribution < -0.4 is 14.8 Å². The van der Waals surface area contributed by atoms with Crippen molar-refractivity contribution in [2.75, 3.05) is 13.2 Å². The van der Waals surface area contributed by atoms with Crippen molar-refractivity contribution in [3.63, 3.8) is 0 Å². The number of halogens is 1. The van der Waals surface area contributed by atoms with Crippen LogP contribution in [-0.4, -0.2) is 25.2 Å².